The molecule has 0 aliphatic rings. The molecule has 0 aromatic heterocycles. The van der Waals surface area contributed by atoms with Crippen molar-refractivity contribution in [2.75, 3.05) is 13.1 Å². The minimum absolute atomic E-state index is 0.538. The molecule has 0 saturated carbocycles. The van der Waals surface area contributed by atoms with Crippen LogP contribution in [0.5, 0.6) is 0 Å². The molecule has 0 heterocycles. The van der Waals surface area contributed by atoms with Crippen molar-refractivity contribution in [1.29, 1.82) is 0 Å². The Bertz CT molecular complexity index is 57.7. The third-order valence-electron chi connectivity index (χ3n) is 1.86. The summed E-state index contributed by atoms with van der Waals surface area (Å²) < 4.78 is 2.67. The standard InChI is InChI=1S/C8H20AsN/c1-5-9(6-2)10(7-3)8-4/h5-8H2,1-4H3. The Hall–Kier alpha value is 0.518. The van der Waals surface area contributed by atoms with Gasteiger partial charge in [0.05, 0.1) is 0 Å². The van der Waals surface area contributed by atoms with Crippen LogP contribution in [0, 0.1) is 0 Å². The molecule has 0 unspecified atom stereocenters. The summed E-state index contributed by atoms with van der Waals surface area (Å²) in [5.41, 5.74) is 0. The zero-order chi connectivity index (χ0) is 7.98. The molecule has 0 aromatic carbocycles. The Morgan fingerprint density at radius 1 is 0.900 bits per heavy atom. The van der Waals surface area contributed by atoms with Gasteiger partial charge in [-0.25, -0.2) is 0 Å². The average Bonchev–Trinajstić information content (AvgIpc) is 2.00. The maximum atomic E-state index is 2.67. The molecule has 0 fully saturated rings. The quantitative estimate of drug-likeness (QED) is 0.623. The van der Waals surface area contributed by atoms with E-state index >= 15 is 0 Å². The Morgan fingerprint density at radius 2 is 1.30 bits per heavy atom. The summed E-state index contributed by atoms with van der Waals surface area (Å²) in [6, 6.07) is 0. The van der Waals surface area contributed by atoms with Crippen LogP contribution >= 0.6 is 0 Å². The van der Waals surface area contributed by atoms with Gasteiger partial charge in [-0.05, 0) is 0 Å². The van der Waals surface area contributed by atoms with Crippen LogP contribution in [0.2, 0.25) is 10.4 Å². The van der Waals surface area contributed by atoms with Crippen molar-refractivity contribution in [2.24, 2.45) is 0 Å². The van der Waals surface area contributed by atoms with Crippen molar-refractivity contribution in [3.63, 3.8) is 0 Å². The molecule has 0 bridgehead atoms. The van der Waals surface area contributed by atoms with Gasteiger partial charge in [0.25, 0.3) is 0 Å². The average molecular weight is 205 g/mol. The van der Waals surface area contributed by atoms with Gasteiger partial charge in [0.1, 0.15) is 0 Å². The van der Waals surface area contributed by atoms with E-state index in [1.165, 1.54) is 23.5 Å². The summed E-state index contributed by atoms with van der Waals surface area (Å²) in [5, 5.41) is 2.87. The normalized spacial score (nSPS) is 11.4. The number of rotatable bonds is 5. The van der Waals surface area contributed by atoms with Gasteiger partial charge in [-0.3, -0.25) is 0 Å². The fourth-order valence-electron chi connectivity index (χ4n) is 1.25. The van der Waals surface area contributed by atoms with Crippen molar-refractivity contribution < 1.29 is 0 Å². The van der Waals surface area contributed by atoms with Gasteiger partial charge in [-0.1, -0.05) is 0 Å². The number of nitrogens with zero attached hydrogens (tertiary/aromatic N) is 1. The molecular formula is C8H20AsN. The SMILES string of the molecule is CCN(CC)[As](CC)CC. The second-order valence-electron chi connectivity index (χ2n) is 2.28. The van der Waals surface area contributed by atoms with Crippen LogP contribution in [-0.2, 0) is 0 Å². The van der Waals surface area contributed by atoms with Crippen molar-refractivity contribution >= 4 is 14.9 Å². The first-order chi connectivity index (χ1) is 4.79. The van der Waals surface area contributed by atoms with Gasteiger partial charge < -0.3 is 0 Å². The van der Waals surface area contributed by atoms with Gasteiger partial charge in [0, 0.05) is 0 Å². The molecule has 0 aliphatic heterocycles. The molecule has 0 amide bonds. The molecule has 0 N–H and O–H groups in total. The summed E-state index contributed by atoms with van der Waals surface area (Å²) in [4.78, 5) is 0. The second-order valence-corrected chi connectivity index (χ2v) is 8.24. The summed E-state index contributed by atoms with van der Waals surface area (Å²) in [6.45, 7) is 11.7. The van der Waals surface area contributed by atoms with Crippen LogP contribution in [0.3, 0.4) is 0 Å². The second kappa shape index (κ2) is 6.24. The molecule has 0 spiro atoms. The molecule has 0 aromatic rings. The first-order valence-electron chi connectivity index (χ1n) is 4.29. The third kappa shape index (κ3) is 3.07. The number of hydrogen-bond acceptors (Lipinski definition) is 1. The van der Waals surface area contributed by atoms with E-state index in [2.05, 4.69) is 31.5 Å². The van der Waals surface area contributed by atoms with E-state index in [0.717, 1.165) is 0 Å². The minimum atomic E-state index is -0.538. The molecule has 1 nitrogen and oxygen atoms in total. The Kier molecular flexibility index (Phi) is 6.57. The van der Waals surface area contributed by atoms with E-state index in [-0.39, 0.29) is 0 Å². The van der Waals surface area contributed by atoms with Gasteiger partial charge >= 0.3 is 69.9 Å². The van der Waals surface area contributed by atoms with E-state index in [9.17, 15) is 0 Å². The first-order valence-corrected chi connectivity index (χ1v) is 7.79. The van der Waals surface area contributed by atoms with Crippen LogP contribution in [0.15, 0.2) is 0 Å². The summed E-state index contributed by atoms with van der Waals surface area (Å²) >= 11 is -0.538. The molecule has 0 saturated heterocycles. The van der Waals surface area contributed by atoms with Crippen LogP contribution in [-0.4, -0.2) is 31.8 Å². The zero-order valence-electron chi connectivity index (χ0n) is 7.72. The molecule has 0 radical (unpaired) electrons. The predicted octanol–water partition coefficient (Wildman–Crippen LogP) is 2.36. The summed E-state index contributed by atoms with van der Waals surface area (Å²) in [7, 11) is 0. The van der Waals surface area contributed by atoms with E-state index in [1.54, 1.807) is 0 Å². The summed E-state index contributed by atoms with van der Waals surface area (Å²) in [5.74, 6) is 0. The van der Waals surface area contributed by atoms with Crippen molar-refractivity contribution in [3.8, 4) is 0 Å². The molecular weight excluding hydrogens is 185 g/mol. The zero-order valence-corrected chi connectivity index (χ0v) is 9.60. The monoisotopic (exact) mass is 205 g/mol. The van der Waals surface area contributed by atoms with E-state index in [1.807, 2.05) is 0 Å². The Labute approximate surface area is 70.3 Å². The van der Waals surface area contributed by atoms with Gasteiger partial charge in [0.2, 0.25) is 0 Å². The molecule has 0 rings (SSSR count). The Balaban J connectivity index is 3.70. The first kappa shape index (κ1) is 10.5. The van der Waals surface area contributed by atoms with Gasteiger partial charge in [-0.15, -0.1) is 0 Å². The summed E-state index contributed by atoms with van der Waals surface area (Å²) in [6.07, 6.45) is 0. The fourth-order valence-corrected chi connectivity index (χ4v) is 5.54. The molecule has 10 heavy (non-hydrogen) atoms. The molecule has 0 atom stereocenters. The van der Waals surface area contributed by atoms with Gasteiger partial charge in [0.15, 0.2) is 0 Å². The van der Waals surface area contributed by atoms with E-state index in [0.29, 0.717) is 0 Å². The topological polar surface area (TPSA) is 3.24 Å². The number of hydrogen-bond donors (Lipinski definition) is 0. The third-order valence-corrected chi connectivity index (χ3v) is 7.79. The van der Waals surface area contributed by atoms with Gasteiger partial charge in [-0.2, -0.15) is 0 Å². The fraction of sp³-hybridized carbons (Fsp3) is 1.00. The van der Waals surface area contributed by atoms with Crippen LogP contribution in [0.4, 0.5) is 0 Å². The maximum absolute atomic E-state index is 2.67. The van der Waals surface area contributed by atoms with Crippen molar-refractivity contribution in [1.82, 2.24) is 3.82 Å². The van der Waals surface area contributed by atoms with E-state index < -0.39 is 14.9 Å². The molecule has 62 valence electrons. The van der Waals surface area contributed by atoms with Crippen LogP contribution < -0.4 is 0 Å². The van der Waals surface area contributed by atoms with Crippen molar-refractivity contribution in [3.05, 3.63) is 0 Å². The Morgan fingerprint density at radius 3 is 1.40 bits per heavy atom. The van der Waals surface area contributed by atoms with E-state index in [4.69, 9.17) is 0 Å². The predicted molar refractivity (Wildman–Crippen MR) is 49.6 cm³/mol. The molecule has 0 aliphatic carbocycles. The molecule has 2 heteroatoms. The van der Waals surface area contributed by atoms with Crippen LogP contribution in [0.25, 0.3) is 0 Å². The van der Waals surface area contributed by atoms with Crippen molar-refractivity contribution in [2.45, 2.75) is 38.1 Å². The van der Waals surface area contributed by atoms with Crippen LogP contribution in [0.1, 0.15) is 27.7 Å².